The average Bonchev–Trinajstić information content (AvgIpc) is 3.24. The highest BCUT2D eigenvalue weighted by atomic mass is 35.5. The van der Waals surface area contributed by atoms with Crippen LogP contribution in [0, 0.1) is 5.92 Å². The summed E-state index contributed by atoms with van der Waals surface area (Å²) in [6, 6.07) is 8.82. The fraction of sp³-hybridized carbons (Fsp3) is 0.448. The SMILES string of the molecule is COc1cc(N)c(Cl)cc1C(=O)NCC1CCN(CCCCCC(=O)c2cn(C)c3ccc(Cl)cc23)CC1. The number of nitrogens with one attached hydrogen (secondary N) is 1. The van der Waals surface area contributed by atoms with Crippen molar-refractivity contribution in [1.29, 1.82) is 0 Å². The third-order valence-corrected chi connectivity index (χ3v) is 8.01. The molecule has 0 spiro atoms. The van der Waals surface area contributed by atoms with Gasteiger partial charge in [0, 0.05) is 53.8 Å². The number of hydrogen-bond acceptors (Lipinski definition) is 5. The molecule has 7 nitrogen and oxygen atoms in total. The quantitative estimate of drug-likeness (QED) is 0.172. The van der Waals surface area contributed by atoms with E-state index in [1.165, 1.54) is 7.11 Å². The lowest BCUT2D eigenvalue weighted by Gasteiger charge is -2.32. The van der Waals surface area contributed by atoms with Crippen molar-refractivity contribution < 1.29 is 14.3 Å². The van der Waals surface area contributed by atoms with Gasteiger partial charge in [-0.15, -0.1) is 0 Å². The van der Waals surface area contributed by atoms with Crippen LogP contribution in [-0.4, -0.2) is 54.4 Å². The molecule has 1 saturated heterocycles. The van der Waals surface area contributed by atoms with Gasteiger partial charge in [0.1, 0.15) is 5.75 Å². The highest BCUT2D eigenvalue weighted by Gasteiger charge is 2.21. The number of likely N-dealkylation sites (tertiary alicyclic amines) is 1. The van der Waals surface area contributed by atoms with Crippen LogP contribution in [0.15, 0.2) is 36.5 Å². The zero-order valence-electron chi connectivity index (χ0n) is 22.1. The Balaban J connectivity index is 1.14. The molecule has 3 aromatic rings. The molecule has 38 heavy (non-hydrogen) atoms. The second-order valence-corrected chi connectivity index (χ2v) is 11.0. The average molecular weight is 560 g/mol. The fourth-order valence-electron chi connectivity index (χ4n) is 5.18. The van der Waals surface area contributed by atoms with Crippen molar-refractivity contribution in [2.75, 3.05) is 39.0 Å². The number of anilines is 1. The third-order valence-electron chi connectivity index (χ3n) is 7.45. The summed E-state index contributed by atoms with van der Waals surface area (Å²) in [6.07, 6.45) is 7.54. The summed E-state index contributed by atoms with van der Waals surface area (Å²) >= 11 is 12.2. The van der Waals surface area contributed by atoms with E-state index in [0.29, 0.717) is 45.9 Å². The summed E-state index contributed by atoms with van der Waals surface area (Å²) in [4.78, 5) is 28.0. The Kier molecular flexibility index (Phi) is 9.58. The number of benzene rings is 2. The Morgan fingerprint density at radius 1 is 1.08 bits per heavy atom. The predicted octanol–water partition coefficient (Wildman–Crippen LogP) is 5.96. The Labute approximate surface area is 234 Å². The number of hydrogen-bond donors (Lipinski definition) is 2. The van der Waals surface area contributed by atoms with E-state index in [4.69, 9.17) is 33.7 Å². The molecule has 0 aliphatic carbocycles. The molecular weight excluding hydrogens is 523 g/mol. The number of carbonyl (C=O) groups excluding carboxylic acids is 2. The highest BCUT2D eigenvalue weighted by molar-refractivity contribution is 6.33. The fourth-order valence-corrected chi connectivity index (χ4v) is 5.52. The van der Waals surface area contributed by atoms with Crippen molar-refractivity contribution in [1.82, 2.24) is 14.8 Å². The minimum Gasteiger partial charge on any atom is -0.496 e. The lowest BCUT2D eigenvalue weighted by atomic mass is 9.96. The second-order valence-electron chi connectivity index (χ2n) is 10.1. The molecule has 1 amide bonds. The van der Waals surface area contributed by atoms with Gasteiger partial charge in [0.25, 0.3) is 5.91 Å². The molecule has 0 radical (unpaired) electrons. The highest BCUT2D eigenvalue weighted by Crippen LogP contribution is 2.29. The molecular formula is C29H36Cl2N4O3. The van der Waals surface area contributed by atoms with E-state index in [1.54, 1.807) is 12.1 Å². The molecule has 0 saturated carbocycles. The number of aryl methyl sites for hydroxylation is 1. The number of ether oxygens (including phenoxy) is 1. The van der Waals surface area contributed by atoms with E-state index >= 15 is 0 Å². The number of nitrogens with two attached hydrogens (primary N) is 1. The summed E-state index contributed by atoms with van der Waals surface area (Å²) in [5, 5.41) is 4.95. The molecule has 0 atom stereocenters. The number of halogens is 2. The van der Waals surface area contributed by atoms with Crippen molar-refractivity contribution >= 4 is 51.5 Å². The van der Waals surface area contributed by atoms with Crippen LogP contribution in [-0.2, 0) is 7.05 Å². The van der Waals surface area contributed by atoms with E-state index < -0.39 is 0 Å². The van der Waals surface area contributed by atoms with Crippen molar-refractivity contribution in [2.45, 2.75) is 38.5 Å². The maximum atomic E-state index is 12.8. The van der Waals surface area contributed by atoms with Gasteiger partial charge in [0.2, 0.25) is 0 Å². The number of rotatable bonds is 11. The second kappa shape index (κ2) is 12.9. The summed E-state index contributed by atoms with van der Waals surface area (Å²) in [5.41, 5.74) is 8.38. The molecule has 9 heteroatoms. The molecule has 1 aromatic heterocycles. The summed E-state index contributed by atoms with van der Waals surface area (Å²) in [6.45, 7) is 3.71. The smallest absolute Gasteiger partial charge is 0.255 e. The first-order chi connectivity index (χ1) is 18.3. The van der Waals surface area contributed by atoms with Crippen LogP contribution in [0.3, 0.4) is 0 Å². The first-order valence-corrected chi connectivity index (χ1v) is 13.9. The number of methoxy groups -OCH3 is 1. The minimum atomic E-state index is -0.202. The van der Waals surface area contributed by atoms with Crippen LogP contribution in [0.1, 0.15) is 59.2 Å². The van der Waals surface area contributed by atoms with Crippen LogP contribution >= 0.6 is 23.2 Å². The maximum absolute atomic E-state index is 12.8. The van der Waals surface area contributed by atoms with Crippen LogP contribution in [0.4, 0.5) is 5.69 Å². The largest absolute Gasteiger partial charge is 0.496 e. The van der Waals surface area contributed by atoms with Crippen molar-refractivity contribution in [3.8, 4) is 5.75 Å². The molecule has 0 unspecified atom stereocenters. The number of fused-ring (bicyclic) bond motifs is 1. The molecule has 1 aliphatic heterocycles. The van der Waals surface area contributed by atoms with Gasteiger partial charge in [-0.05, 0) is 75.5 Å². The van der Waals surface area contributed by atoms with Crippen molar-refractivity contribution in [3.63, 3.8) is 0 Å². The lowest BCUT2D eigenvalue weighted by Crippen LogP contribution is -2.39. The Morgan fingerprint density at radius 2 is 1.84 bits per heavy atom. The normalized spacial score (nSPS) is 14.6. The van der Waals surface area contributed by atoms with Crippen LogP contribution in [0.25, 0.3) is 10.9 Å². The predicted molar refractivity (Wildman–Crippen MR) is 155 cm³/mol. The topological polar surface area (TPSA) is 89.6 Å². The molecule has 2 heterocycles. The molecule has 1 aliphatic rings. The number of amides is 1. The number of nitrogen functional groups attached to an aromatic ring is 1. The number of piperidine rings is 1. The van der Waals surface area contributed by atoms with Crippen molar-refractivity contribution in [3.05, 3.63) is 57.7 Å². The molecule has 204 valence electrons. The zero-order chi connectivity index (χ0) is 27.2. The molecule has 2 aromatic carbocycles. The molecule has 1 fully saturated rings. The number of ketones is 1. The van der Waals surface area contributed by atoms with E-state index in [0.717, 1.165) is 68.2 Å². The monoisotopic (exact) mass is 558 g/mol. The standard InChI is InChI=1S/C29H36Cl2N4O3/c1-34-18-23(21-14-20(30)7-8-26(21)34)27(36)6-4-3-5-11-35-12-9-19(10-13-35)17-33-29(37)22-15-24(31)25(32)16-28(22)38-2/h7-8,14-16,18-19H,3-6,9-13,17,32H2,1-2H3,(H,33,37). The van der Waals surface area contributed by atoms with Crippen LogP contribution in [0.2, 0.25) is 10.0 Å². The van der Waals surface area contributed by atoms with Crippen LogP contribution in [0.5, 0.6) is 5.75 Å². The summed E-state index contributed by atoms with van der Waals surface area (Å²) in [7, 11) is 3.46. The molecule has 3 N–H and O–H groups in total. The van der Waals surface area contributed by atoms with Gasteiger partial charge in [-0.2, -0.15) is 0 Å². The van der Waals surface area contributed by atoms with Gasteiger partial charge < -0.3 is 25.3 Å². The first kappa shape index (κ1) is 28.3. The Bertz CT molecular complexity index is 1300. The van der Waals surface area contributed by atoms with E-state index in [1.807, 2.05) is 36.0 Å². The van der Waals surface area contributed by atoms with E-state index in [9.17, 15) is 9.59 Å². The van der Waals surface area contributed by atoms with Gasteiger partial charge in [0.15, 0.2) is 5.78 Å². The zero-order valence-corrected chi connectivity index (χ0v) is 23.6. The maximum Gasteiger partial charge on any atom is 0.255 e. The van der Waals surface area contributed by atoms with Crippen LogP contribution < -0.4 is 15.8 Å². The number of aromatic nitrogens is 1. The Hall–Kier alpha value is -2.74. The lowest BCUT2D eigenvalue weighted by molar-refractivity contribution is 0.0932. The summed E-state index contributed by atoms with van der Waals surface area (Å²) < 4.78 is 7.27. The number of carbonyl (C=O) groups is 2. The van der Waals surface area contributed by atoms with E-state index in [2.05, 4.69) is 10.2 Å². The molecule has 0 bridgehead atoms. The third kappa shape index (κ3) is 6.82. The van der Waals surface area contributed by atoms with Gasteiger partial charge in [-0.25, -0.2) is 0 Å². The number of unbranched alkanes of at least 4 members (excludes halogenated alkanes) is 2. The number of Topliss-reactive ketones (excluding diaryl/α,β-unsaturated/α-hetero) is 1. The first-order valence-electron chi connectivity index (χ1n) is 13.2. The van der Waals surface area contributed by atoms with Gasteiger partial charge >= 0.3 is 0 Å². The minimum absolute atomic E-state index is 0.180. The van der Waals surface area contributed by atoms with Gasteiger partial charge in [-0.1, -0.05) is 29.6 Å². The summed E-state index contributed by atoms with van der Waals surface area (Å²) in [5.74, 6) is 0.839. The number of nitrogens with zero attached hydrogens (tertiary/aromatic N) is 2. The van der Waals surface area contributed by atoms with E-state index in [-0.39, 0.29) is 11.7 Å². The Morgan fingerprint density at radius 3 is 2.58 bits per heavy atom. The van der Waals surface area contributed by atoms with Gasteiger partial charge in [-0.3, -0.25) is 9.59 Å². The molecule has 4 rings (SSSR count). The van der Waals surface area contributed by atoms with Crippen molar-refractivity contribution in [2.24, 2.45) is 13.0 Å². The van der Waals surface area contributed by atoms with Gasteiger partial charge in [0.05, 0.1) is 23.4 Å².